The monoisotopic (exact) mass is 408 g/mol. The topological polar surface area (TPSA) is 74.6 Å². The Morgan fingerprint density at radius 3 is 2.69 bits per heavy atom. The van der Waals surface area contributed by atoms with Crippen LogP contribution < -0.4 is 0 Å². The van der Waals surface area contributed by atoms with Crippen molar-refractivity contribution >= 4 is 11.6 Å². The molecule has 5 rings (SSSR count). The molecule has 0 saturated heterocycles. The van der Waals surface area contributed by atoms with E-state index in [1.54, 1.807) is 6.33 Å². The number of rotatable bonds is 3. The Morgan fingerprint density at radius 1 is 1.14 bits per heavy atom. The second-order valence-electron chi connectivity index (χ2n) is 7.94. The number of hydrogen-bond donors (Lipinski definition) is 0. The zero-order valence-corrected chi connectivity index (χ0v) is 17.5. The van der Waals surface area contributed by atoms with Crippen LogP contribution in [-0.2, 0) is 6.42 Å². The van der Waals surface area contributed by atoms with Crippen LogP contribution in [-0.4, -0.2) is 29.5 Å². The summed E-state index contributed by atoms with van der Waals surface area (Å²) in [6.07, 6.45) is 4.56. The van der Waals surface area contributed by atoms with E-state index in [2.05, 4.69) is 39.7 Å². The van der Waals surface area contributed by atoms with Crippen molar-refractivity contribution in [2.45, 2.75) is 46.1 Å². The van der Waals surface area contributed by atoms with Gasteiger partial charge in [0, 0.05) is 40.7 Å². The number of nitrogens with zero attached hydrogens (tertiary/aromatic N) is 6. The summed E-state index contributed by atoms with van der Waals surface area (Å²) in [6, 6.07) is 6.12. The first kappa shape index (κ1) is 18.1. The number of fused-ring (bicyclic) bond motifs is 5. The van der Waals surface area contributed by atoms with Gasteiger partial charge in [-0.25, -0.2) is 4.98 Å². The van der Waals surface area contributed by atoms with Crippen LogP contribution in [0.5, 0.6) is 0 Å². The van der Waals surface area contributed by atoms with Gasteiger partial charge < -0.3 is 9.09 Å². The minimum atomic E-state index is 0.187. The molecular weight excluding hydrogens is 388 g/mol. The second kappa shape index (κ2) is 6.56. The normalized spacial score (nSPS) is 12.8. The van der Waals surface area contributed by atoms with E-state index in [0.29, 0.717) is 28.9 Å². The third-order valence-electron chi connectivity index (χ3n) is 5.20. The van der Waals surface area contributed by atoms with Gasteiger partial charge in [0.1, 0.15) is 6.33 Å². The van der Waals surface area contributed by atoms with Gasteiger partial charge in [-0.1, -0.05) is 30.6 Å². The molecule has 0 fully saturated rings. The Bertz CT molecular complexity index is 1220. The molecule has 0 radical (unpaired) electrons. The molecule has 1 aliphatic rings. The van der Waals surface area contributed by atoms with Gasteiger partial charge in [0.2, 0.25) is 0 Å². The average Bonchev–Trinajstić information content (AvgIpc) is 3.39. The molecular formula is C21H21ClN6O. The minimum Gasteiger partial charge on any atom is -0.332 e. The summed E-state index contributed by atoms with van der Waals surface area (Å²) in [6.45, 7) is 8.31. The van der Waals surface area contributed by atoms with Crippen LogP contribution in [0.1, 0.15) is 56.7 Å². The van der Waals surface area contributed by atoms with Gasteiger partial charge in [-0.3, -0.25) is 4.68 Å². The molecule has 1 aromatic carbocycles. The minimum absolute atomic E-state index is 0.187. The molecule has 0 saturated carbocycles. The molecule has 0 amide bonds. The van der Waals surface area contributed by atoms with E-state index >= 15 is 0 Å². The molecule has 0 bridgehead atoms. The lowest BCUT2D eigenvalue weighted by Gasteiger charge is -2.10. The van der Waals surface area contributed by atoms with Crippen molar-refractivity contribution in [1.82, 2.24) is 29.5 Å². The van der Waals surface area contributed by atoms with Gasteiger partial charge in [-0.15, -0.1) is 0 Å². The first-order valence-electron chi connectivity index (χ1n) is 9.71. The molecule has 0 unspecified atom stereocenters. The summed E-state index contributed by atoms with van der Waals surface area (Å²) >= 11 is 6.33. The van der Waals surface area contributed by atoms with E-state index in [0.717, 1.165) is 28.2 Å². The van der Waals surface area contributed by atoms with Crippen LogP contribution >= 0.6 is 11.6 Å². The third-order valence-corrected chi connectivity index (χ3v) is 5.43. The van der Waals surface area contributed by atoms with E-state index in [9.17, 15) is 0 Å². The van der Waals surface area contributed by atoms with Crippen LogP contribution in [0.25, 0.3) is 28.5 Å². The average molecular weight is 409 g/mol. The van der Waals surface area contributed by atoms with Gasteiger partial charge in [-0.05, 0) is 32.0 Å². The molecule has 0 aliphatic carbocycles. The van der Waals surface area contributed by atoms with Crippen LogP contribution in [0.2, 0.25) is 5.02 Å². The standard InChI is InChI=1S/C21H21ClN6O/c1-11(2)20-24-21(29-26-20)19-17-7-13-9-28(12(3)4)25-18(13)15-8-14(22)5-6-16(15)27(17)10-23-19/h5-6,8-12H,7H2,1-4H3. The molecule has 4 aromatic rings. The van der Waals surface area contributed by atoms with Gasteiger partial charge in [-0.2, -0.15) is 10.1 Å². The van der Waals surface area contributed by atoms with Crippen molar-refractivity contribution in [3.63, 3.8) is 0 Å². The van der Waals surface area contributed by atoms with E-state index < -0.39 is 0 Å². The molecule has 0 atom stereocenters. The second-order valence-corrected chi connectivity index (χ2v) is 8.37. The first-order valence-corrected chi connectivity index (χ1v) is 10.1. The van der Waals surface area contributed by atoms with Crippen molar-refractivity contribution in [3.8, 4) is 28.5 Å². The largest absolute Gasteiger partial charge is 0.332 e. The first-order chi connectivity index (χ1) is 13.9. The molecule has 4 heterocycles. The third kappa shape index (κ3) is 2.88. The van der Waals surface area contributed by atoms with E-state index in [1.807, 2.05) is 36.7 Å². The maximum absolute atomic E-state index is 6.33. The Labute approximate surface area is 173 Å². The smallest absolute Gasteiger partial charge is 0.278 e. The van der Waals surface area contributed by atoms with Crippen molar-refractivity contribution in [3.05, 3.63) is 52.8 Å². The highest BCUT2D eigenvalue weighted by Gasteiger charge is 2.28. The van der Waals surface area contributed by atoms with Crippen molar-refractivity contribution in [1.29, 1.82) is 0 Å². The Morgan fingerprint density at radius 2 is 1.97 bits per heavy atom. The Balaban J connectivity index is 1.73. The maximum atomic E-state index is 6.33. The summed E-state index contributed by atoms with van der Waals surface area (Å²) in [5.41, 5.74) is 5.73. The molecule has 0 spiro atoms. The van der Waals surface area contributed by atoms with Crippen molar-refractivity contribution in [2.75, 3.05) is 0 Å². The quantitative estimate of drug-likeness (QED) is 0.417. The van der Waals surface area contributed by atoms with Crippen molar-refractivity contribution in [2.24, 2.45) is 0 Å². The summed E-state index contributed by atoms with van der Waals surface area (Å²) in [7, 11) is 0. The Hall–Kier alpha value is -2.93. The van der Waals surface area contributed by atoms with Crippen LogP contribution in [0.4, 0.5) is 0 Å². The zero-order chi connectivity index (χ0) is 20.3. The van der Waals surface area contributed by atoms with Crippen molar-refractivity contribution < 1.29 is 4.52 Å². The fourth-order valence-electron chi connectivity index (χ4n) is 3.63. The van der Waals surface area contributed by atoms with E-state index in [1.165, 1.54) is 0 Å². The highest BCUT2D eigenvalue weighted by Crippen LogP contribution is 2.38. The van der Waals surface area contributed by atoms with Crippen LogP contribution in [0.15, 0.2) is 35.2 Å². The number of halogens is 1. The number of imidazole rings is 1. The molecule has 8 heteroatoms. The zero-order valence-electron chi connectivity index (χ0n) is 16.7. The predicted octanol–water partition coefficient (Wildman–Crippen LogP) is 5.05. The van der Waals surface area contributed by atoms with Gasteiger partial charge in [0.25, 0.3) is 5.89 Å². The highest BCUT2D eigenvalue weighted by atomic mass is 35.5. The van der Waals surface area contributed by atoms with E-state index in [-0.39, 0.29) is 12.0 Å². The molecule has 3 aromatic heterocycles. The number of aromatic nitrogens is 6. The molecule has 7 nitrogen and oxygen atoms in total. The summed E-state index contributed by atoms with van der Waals surface area (Å²) in [5.74, 6) is 1.31. The lowest BCUT2D eigenvalue weighted by molar-refractivity contribution is 0.418. The SMILES string of the molecule is CC(C)c1noc(-c2ncn3c2Cc2cn(C(C)C)nc2-c2cc(Cl)ccc2-3)n1. The lowest BCUT2D eigenvalue weighted by atomic mass is 10.0. The van der Waals surface area contributed by atoms with Gasteiger partial charge in [0.05, 0.1) is 17.1 Å². The lowest BCUT2D eigenvalue weighted by Crippen LogP contribution is -2.03. The fraction of sp³-hybridized carbons (Fsp3) is 0.333. The molecule has 148 valence electrons. The fourth-order valence-corrected chi connectivity index (χ4v) is 3.81. The molecule has 0 N–H and O–H groups in total. The summed E-state index contributed by atoms with van der Waals surface area (Å²) in [5, 5.41) is 9.64. The van der Waals surface area contributed by atoms with Gasteiger partial charge in [0.15, 0.2) is 11.5 Å². The molecule has 1 aliphatic heterocycles. The summed E-state index contributed by atoms with van der Waals surface area (Å²) in [4.78, 5) is 9.18. The Kier molecular flexibility index (Phi) is 4.10. The molecule has 29 heavy (non-hydrogen) atoms. The predicted molar refractivity (Wildman–Crippen MR) is 110 cm³/mol. The number of benzene rings is 1. The van der Waals surface area contributed by atoms with E-state index in [4.69, 9.17) is 21.2 Å². The number of hydrogen-bond acceptors (Lipinski definition) is 5. The summed E-state index contributed by atoms with van der Waals surface area (Å²) < 4.78 is 9.60. The maximum Gasteiger partial charge on any atom is 0.278 e. The van der Waals surface area contributed by atoms with Crippen LogP contribution in [0, 0.1) is 0 Å². The van der Waals surface area contributed by atoms with Gasteiger partial charge >= 0.3 is 0 Å². The highest BCUT2D eigenvalue weighted by molar-refractivity contribution is 6.31. The van der Waals surface area contributed by atoms with Crippen LogP contribution in [0.3, 0.4) is 0 Å².